The number of aliphatic hydroxyl groups excluding tert-OH is 1. The molecule has 2 atom stereocenters. The molecule has 0 aliphatic heterocycles. The average molecular weight is 199 g/mol. The number of halogens is 1. The van der Waals surface area contributed by atoms with Gasteiger partial charge in [0.05, 0.1) is 0 Å². The zero-order chi connectivity index (χ0) is 10.7. The molecule has 0 saturated heterocycles. The maximum absolute atomic E-state index is 12.5. The molecule has 0 saturated carbocycles. The largest absolute Gasteiger partial charge is 0.480 e. The Morgan fingerprint density at radius 2 is 1.86 bits per heavy atom. The molecule has 14 heavy (non-hydrogen) atoms. The van der Waals surface area contributed by atoms with E-state index in [4.69, 9.17) is 10.8 Å². The predicted molar refractivity (Wildman–Crippen MR) is 47.0 cm³/mol. The van der Waals surface area contributed by atoms with Crippen LogP contribution >= 0.6 is 0 Å². The fourth-order valence-corrected chi connectivity index (χ4v) is 1.00. The molecule has 76 valence electrons. The normalized spacial score (nSPS) is 14.8. The molecular weight excluding hydrogens is 189 g/mol. The summed E-state index contributed by atoms with van der Waals surface area (Å²) in [6, 6.07) is 3.45. The summed E-state index contributed by atoms with van der Waals surface area (Å²) in [5.41, 5.74) is 5.47. The monoisotopic (exact) mass is 199 g/mol. The first-order valence-corrected chi connectivity index (χ1v) is 3.94. The summed E-state index contributed by atoms with van der Waals surface area (Å²) in [6.45, 7) is 0. The van der Waals surface area contributed by atoms with Gasteiger partial charge in [-0.3, -0.25) is 4.79 Å². The number of carboxylic acids is 1. The molecule has 4 nitrogen and oxygen atoms in total. The molecule has 0 aliphatic carbocycles. The summed E-state index contributed by atoms with van der Waals surface area (Å²) >= 11 is 0. The molecule has 4 N–H and O–H groups in total. The van der Waals surface area contributed by atoms with Crippen LogP contribution in [0.2, 0.25) is 0 Å². The lowest BCUT2D eigenvalue weighted by Gasteiger charge is -2.14. The van der Waals surface area contributed by atoms with E-state index in [0.717, 1.165) is 12.1 Å². The molecule has 0 unspecified atom stereocenters. The van der Waals surface area contributed by atoms with Crippen molar-refractivity contribution >= 4 is 5.97 Å². The number of hydrogen-bond acceptors (Lipinski definition) is 3. The van der Waals surface area contributed by atoms with Crippen LogP contribution in [0.5, 0.6) is 0 Å². The third-order valence-electron chi connectivity index (χ3n) is 1.84. The van der Waals surface area contributed by atoms with E-state index in [1.165, 1.54) is 12.1 Å². The first-order valence-electron chi connectivity index (χ1n) is 3.94. The van der Waals surface area contributed by atoms with Crippen LogP contribution in [0.3, 0.4) is 0 Å². The van der Waals surface area contributed by atoms with Gasteiger partial charge >= 0.3 is 5.97 Å². The fourth-order valence-electron chi connectivity index (χ4n) is 1.00. The van der Waals surface area contributed by atoms with Gasteiger partial charge in [-0.05, 0) is 17.7 Å². The molecule has 0 spiro atoms. The third kappa shape index (κ3) is 2.27. The highest BCUT2D eigenvalue weighted by molar-refractivity contribution is 5.74. The minimum Gasteiger partial charge on any atom is -0.480 e. The van der Waals surface area contributed by atoms with Crippen molar-refractivity contribution in [2.75, 3.05) is 0 Å². The van der Waals surface area contributed by atoms with Crippen molar-refractivity contribution in [3.8, 4) is 0 Å². The molecule has 0 radical (unpaired) electrons. The van der Waals surface area contributed by atoms with Crippen LogP contribution in [0.1, 0.15) is 11.7 Å². The Labute approximate surface area is 79.8 Å². The lowest BCUT2D eigenvalue weighted by atomic mass is 10.0. The van der Waals surface area contributed by atoms with Crippen LogP contribution in [0.25, 0.3) is 0 Å². The average Bonchev–Trinajstić information content (AvgIpc) is 2.16. The molecule has 0 heterocycles. The van der Waals surface area contributed by atoms with E-state index in [2.05, 4.69) is 0 Å². The number of aliphatic carboxylic acids is 1. The number of nitrogens with two attached hydrogens (primary N) is 1. The summed E-state index contributed by atoms with van der Waals surface area (Å²) in [4.78, 5) is 10.4. The molecule has 0 fully saturated rings. The zero-order valence-electron chi connectivity index (χ0n) is 7.22. The third-order valence-corrected chi connectivity index (χ3v) is 1.84. The van der Waals surface area contributed by atoms with E-state index in [0.29, 0.717) is 0 Å². The number of aliphatic hydroxyl groups is 1. The number of rotatable bonds is 3. The van der Waals surface area contributed by atoms with Gasteiger partial charge in [0.2, 0.25) is 0 Å². The molecular formula is C9H10FNO3. The van der Waals surface area contributed by atoms with Crippen LogP contribution in [-0.2, 0) is 4.79 Å². The number of carboxylic acid groups (broad SMARTS) is 1. The SMILES string of the molecule is N[C@@H](C(=O)O)[C@@H](O)c1ccc(F)cc1. The summed E-state index contributed by atoms with van der Waals surface area (Å²) in [5, 5.41) is 17.9. The number of carbonyl (C=O) groups is 1. The Hall–Kier alpha value is -1.46. The van der Waals surface area contributed by atoms with Gasteiger partial charge < -0.3 is 15.9 Å². The van der Waals surface area contributed by atoms with Crippen LogP contribution in [-0.4, -0.2) is 22.2 Å². The van der Waals surface area contributed by atoms with Crippen molar-refractivity contribution in [2.24, 2.45) is 5.73 Å². The standard InChI is InChI=1S/C9H10FNO3/c10-6-3-1-5(2-4-6)8(12)7(11)9(13)14/h1-4,7-8,12H,11H2,(H,13,14)/t7-,8+/m1/s1. The highest BCUT2D eigenvalue weighted by Gasteiger charge is 2.23. The Kier molecular flexibility index (Phi) is 3.16. The van der Waals surface area contributed by atoms with Crippen molar-refractivity contribution in [3.05, 3.63) is 35.6 Å². The van der Waals surface area contributed by atoms with Gasteiger partial charge in [0.25, 0.3) is 0 Å². The Morgan fingerprint density at radius 1 is 1.36 bits per heavy atom. The Bertz CT molecular complexity index is 325. The summed E-state index contributed by atoms with van der Waals surface area (Å²) in [5.74, 6) is -1.76. The number of benzene rings is 1. The summed E-state index contributed by atoms with van der Waals surface area (Å²) in [6.07, 6.45) is -1.33. The molecule has 0 bridgehead atoms. The zero-order valence-corrected chi connectivity index (χ0v) is 7.22. The minimum absolute atomic E-state index is 0.279. The van der Waals surface area contributed by atoms with Gasteiger partial charge in [-0.2, -0.15) is 0 Å². The minimum atomic E-state index is -1.40. The maximum atomic E-state index is 12.5. The Balaban J connectivity index is 2.84. The molecule has 5 heteroatoms. The van der Waals surface area contributed by atoms with Crippen molar-refractivity contribution in [1.29, 1.82) is 0 Å². The number of hydrogen-bond donors (Lipinski definition) is 3. The molecule has 0 amide bonds. The van der Waals surface area contributed by atoms with Gasteiger partial charge in [0.15, 0.2) is 0 Å². The first kappa shape index (κ1) is 10.6. The van der Waals surface area contributed by atoms with Crippen LogP contribution in [0, 0.1) is 5.82 Å². The maximum Gasteiger partial charge on any atom is 0.323 e. The van der Waals surface area contributed by atoms with Crippen LogP contribution in [0.15, 0.2) is 24.3 Å². The lowest BCUT2D eigenvalue weighted by molar-refractivity contribution is -0.141. The van der Waals surface area contributed by atoms with Crippen LogP contribution in [0.4, 0.5) is 4.39 Å². The highest BCUT2D eigenvalue weighted by Crippen LogP contribution is 2.15. The second-order valence-electron chi connectivity index (χ2n) is 2.86. The topological polar surface area (TPSA) is 83.6 Å². The van der Waals surface area contributed by atoms with E-state index in [1.54, 1.807) is 0 Å². The van der Waals surface area contributed by atoms with Crippen molar-refractivity contribution in [3.63, 3.8) is 0 Å². The van der Waals surface area contributed by atoms with Crippen molar-refractivity contribution in [1.82, 2.24) is 0 Å². The predicted octanol–water partition coefficient (Wildman–Crippen LogP) is 0.271. The smallest absolute Gasteiger partial charge is 0.323 e. The molecule has 1 rings (SSSR count). The second-order valence-corrected chi connectivity index (χ2v) is 2.86. The van der Waals surface area contributed by atoms with Gasteiger partial charge in [-0.1, -0.05) is 12.1 Å². The van der Waals surface area contributed by atoms with E-state index < -0.39 is 23.9 Å². The van der Waals surface area contributed by atoms with E-state index in [-0.39, 0.29) is 5.56 Å². The van der Waals surface area contributed by atoms with Crippen molar-refractivity contribution < 1.29 is 19.4 Å². The summed E-state index contributed by atoms with van der Waals surface area (Å²) in [7, 11) is 0. The van der Waals surface area contributed by atoms with Gasteiger partial charge in [-0.25, -0.2) is 4.39 Å². The Morgan fingerprint density at radius 3 is 2.29 bits per heavy atom. The molecule has 0 aromatic heterocycles. The quantitative estimate of drug-likeness (QED) is 0.652. The first-order chi connectivity index (χ1) is 6.52. The van der Waals surface area contributed by atoms with E-state index in [9.17, 15) is 14.3 Å². The highest BCUT2D eigenvalue weighted by atomic mass is 19.1. The van der Waals surface area contributed by atoms with Gasteiger partial charge in [-0.15, -0.1) is 0 Å². The van der Waals surface area contributed by atoms with Gasteiger partial charge in [0, 0.05) is 0 Å². The van der Waals surface area contributed by atoms with Gasteiger partial charge in [0.1, 0.15) is 18.0 Å². The fraction of sp³-hybridized carbons (Fsp3) is 0.222. The molecule has 0 aliphatic rings. The molecule has 1 aromatic carbocycles. The van der Waals surface area contributed by atoms with Crippen LogP contribution < -0.4 is 5.73 Å². The van der Waals surface area contributed by atoms with E-state index in [1.807, 2.05) is 0 Å². The van der Waals surface area contributed by atoms with E-state index >= 15 is 0 Å². The second kappa shape index (κ2) is 4.17. The lowest BCUT2D eigenvalue weighted by Crippen LogP contribution is -2.36. The summed E-state index contributed by atoms with van der Waals surface area (Å²) < 4.78 is 12.5. The van der Waals surface area contributed by atoms with Crippen molar-refractivity contribution in [2.45, 2.75) is 12.1 Å². The molecule has 1 aromatic rings.